The minimum Gasteiger partial charge on any atom is -0.370 e. The van der Waals surface area contributed by atoms with Crippen LogP contribution in [0.5, 0.6) is 0 Å². The van der Waals surface area contributed by atoms with Gasteiger partial charge >= 0.3 is 0 Å². The van der Waals surface area contributed by atoms with E-state index in [0.717, 1.165) is 37.4 Å². The van der Waals surface area contributed by atoms with Crippen molar-refractivity contribution in [3.8, 4) is 0 Å². The third-order valence-corrected chi connectivity index (χ3v) is 7.79. The van der Waals surface area contributed by atoms with Crippen LogP contribution in [0.25, 0.3) is 0 Å². The standard InChI is InChI=1S/C22H25FN4O2S2/c1-16-12-21(31(28,29)25-22-24-9-11-30-22)19(23)13-20(16)26(2)18-8-10-27(15-18)14-17-6-4-3-5-7-17/h3-7,9,11-13,18H,8,10,14-15H2,1-2H3,(H,24,25)/t18-/m0/s1. The molecule has 3 aromatic rings. The predicted molar refractivity (Wildman–Crippen MR) is 123 cm³/mol. The number of likely N-dealkylation sites (N-methyl/N-ethyl adjacent to an activating group) is 1. The van der Waals surface area contributed by atoms with Gasteiger partial charge in [-0.3, -0.25) is 9.62 Å². The topological polar surface area (TPSA) is 65.5 Å². The molecule has 0 saturated carbocycles. The van der Waals surface area contributed by atoms with Gasteiger partial charge < -0.3 is 4.90 Å². The van der Waals surface area contributed by atoms with Crippen molar-refractivity contribution in [3.05, 3.63) is 71.0 Å². The zero-order valence-corrected chi connectivity index (χ0v) is 19.1. The first-order valence-corrected chi connectivity index (χ1v) is 12.4. The van der Waals surface area contributed by atoms with Crippen molar-refractivity contribution in [2.45, 2.75) is 30.8 Å². The number of hydrogen-bond donors (Lipinski definition) is 1. The van der Waals surface area contributed by atoms with E-state index in [-0.39, 0.29) is 16.1 Å². The Labute approximate surface area is 186 Å². The fraction of sp³-hybridized carbons (Fsp3) is 0.318. The molecule has 164 valence electrons. The van der Waals surface area contributed by atoms with Crippen molar-refractivity contribution >= 4 is 32.2 Å². The number of sulfonamides is 1. The highest BCUT2D eigenvalue weighted by Gasteiger charge is 2.28. The maximum absolute atomic E-state index is 14.9. The molecule has 1 fully saturated rings. The van der Waals surface area contributed by atoms with Crippen molar-refractivity contribution in [1.29, 1.82) is 0 Å². The Hall–Kier alpha value is -2.49. The van der Waals surface area contributed by atoms with Gasteiger partial charge in [-0.2, -0.15) is 0 Å². The van der Waals surface area contributed by atoms with Gasteiger partial charge in [-0.25, -0.2) is 17.8 Å². The maximum Gasteiger partial charge on any atom is 0.266 e. The van der Waals surface area contributed by atoms with Gasteiger partial charge in [-0.1, -0.05) is 30.3 Å². The van der Waals surface area contributed by atoms with Crippen LogP contribution in [-0.4, -0.2) is 44.5 Å². The summed E-state index contributed by atoms with van der Waals surface area (Å²) in [6.07, 6.45) is 2.46. The van der Waals surface area contributed by atoms with E-state index in [2.05, 4.69) is 31.6 Å². The van der Waals surface area contributed by atoms with Crippen LogP contribution in [0.1, 0.15) is 17.5 Å². The number of likely N-dealkylation sites (tertiary alicyclic amines) is 1. The largest absolute Gasteiger partial charge is 0.370 e. The van der Waals surface area contributed by atoms with Crippen LogP contribution in [0.2, 0.25) is 0 Å². The van der Waals surface area contributed by atoms with E-state index < -0.39 is 15.8 Å². The molecule has 31 heavy (non-hydrogen) atoms. The van der Waals surface area contributed by atoms with Crippen LogP contribution in [0.3, 0.4) is 0 Å². The molecule has 0 amide bonds. The number of aryl methyl sites for hydroxylation is 1. The van der Waals surface area contributed by atoms with Crippen molar-refractivity contribution < 1.29 is 12.8 Å². The Bertz CT molecular complexity index is 1140. The van der Waals surface area contributed by atoms with Crippen LogP contribution >= 0.6 is 11.3 Å². The highest BCUT2D eigenvalue weighted by Crippen LogP contribution is 2.30. The first-order valence-electron chi connectivity index (χ1n) is 10.0. The molecule has 1 atom stereocenters. The van der Waals surface area contributed by atoms with Gasteiger partial charge in [0.05, 0.1) is 0 Å². The van der Waals surface area contributed by atoms with Gasteiger partial charge in [-0.15, -0.1) is 11.3 Å². The molecular weight excluding hydrogens is 435 g/mol. The summed E-state index contributed by atoms with van der Waals surface area (Å²) in [6.45, 7) is 4.54. The molecule has 9 heteroatoms. The van der Waals surface area contributed by atoms with Gasteiger partial charge in [0.15, 0.2) is 5.13 Å². The molecule has 6 nitrogen and oxygen atoms in total. The normalized spacial score (nSPS) is 17.1. The van der Waals surface area contributed by atoms with E-state index in [1.54, 1.807) is 5.38 Å². The average Bonchev–Trinajstić information content (AvgIpc) is 3.41. The van der Waals surface area contributed by atoms with E-state index in [0.29, 0.717) is 11.3 Å². The molecule has 0 radical (unpaired) electrons. The number of nitrogens with zero attached hydrogens (tertiary/aromatic N) is 3. The summed E-state index contributed by atoms with van der Waals surface area (Å²) in [5.41, 5.74) is 2.69. The number of hydrogen-bond acceptors (Lipinski definition) is 6. The number of nitrogens with one attached hydrogen (secondary N) is 1. The number of benzene rings is 2. The second-order valence-electron chi connectivity index (χ2n) is 7.79. The van der Waals surface area contributed by atoms with Crippen molar-refractivity contribution in [2.75, 3.05) is 29.8 Å². The van der Waals surface area contributed by atoms with Crippen LogP contribution in [0.15, 0.2) is 58.9 Å². The molecule has 0 spiro atoms. The summed E-state index contributed by atoms with van der Waals surface area (Å²) in [7, 11) is -2.10. The average molecular weight is 461 g/mol. The lowest BCUT2D eigenvalue weighted by atomic mass is 10.1. The molecule has 1 aliphatic rings. The lowest BCUT2D eigenvalue weighted by Crippen LogP contribution is -2.35. The van der Waals surface area contributed by atoms with E-state index >= 15 is 0 Å². The molecule has 0 aliphatic carbocycles. The number of rotatable bonds is 7. The smallest absolute Gasteiger partial charge is 0.266 e. The predicted octanol–water partition coefficient (Wildman–Crippen LogP) is 4.10. The molecule has 1 saturated heterocycles. The minimum absolute atomic E-state index is 0.211. The lowest BCUT2D eigenvalue weighted by molar-refractivity contribution is 0.326. The summed E-state index contributed by atoms with van der Waals surface area (Å²) in [5.74, 6) is -0.768. The molecule has 1 N–H and O–H groups in total. The highest BCUT2D eigenvalue weighted by atomic mass is 32.2. The number of anilines is 2. The molecule has 2 aromatic carbocycles. The van der Waals surface area contributed by atoms with Crippen LogP contribution in [0.4, 0.5) is 15.2 Å². The Kier molecular flexibility index (Phi) is 6.27. The third kappa shape index (κ3) is 4.89. The Morgan fingerprint density at radius 3 is 2.77 bits per heavy atom. The SMILES string of the molecule is Cc1cc(S(=O)(=O)Nc2nccs2)c(F)cc1N(C)[C@H]1CCN(Cc2ccccc2)C1. The number of thiazole rings is 1. The number of aromatic nitrogens is 1. The fourth-order valence-corrected chi connectivity index (χ4v) is 5.92. The van der Waals surface area contributed by atoms with Gasteiger partial charge in [0.25, 0.3) is 10.0 Å². The summed E-state index contributed by atoms with van der Waals surface area (Å²) in [6, 6.07) is 13.3. The van der Waals surface area contributed by atoms with Crippen molar-refractivity contribution in [1.82, 2.24) is 9.88 Å². The van der Waals surface area contributed by atoms with E-state index in [9.17, 15) is 12.8 Å². The van der Waals surface area contributed by atoms with E-state index in [1.165, 1.54) is 23.9 Å². The van der Waals surface area contributed by atoms with Crippen LogP contribution in [-0.2, 0) is 16.6 Å². The maximum atomic E-state index is 14.9. The lowest BCUT2D eigenvalue weighted by Gasteiger charge is -2.29. The second kappa shape index (κ2) is 8.94. The molecule has 0 bridgehead atoms. The quantitative estimate of drug-likeness (QED) is 0.575. The molecule has 0 unspecified atom stereocenters. The van der Waals surface area contributed by atoms with Crippen LogP contribution < -0.4 is 9.62 Å². The van der Waals surface area contributed by atoms with Crippen molar-refractivity contribution in [2.24, 2.45) is 0 Å². The zero-order chi connectivity index (χ0) is 22.0. The first-order chi connectivity index (χ1) is 14.8. The fourth-order valence-electron chi connectivity index (χ4n) is 3.98. The molecule has 1 aliphatic heterocycles. The zero-order valence-electron chi connectivity index (χ0n) is 17.5. The Morgan fingerprint density at radius 2 is 2.06 bits per heavy atom. The van der Waals surface area contributed by atoms with Gasteiger partial charge in [0, 0.05) is 50.0 Å². The second-order valence-corrected chi connectivity index (χ2v) is 10.3. The van der Waals surface area contributed by atoms with E-state index in [1.807, 2.05) is 32.2 Å². The molecule has 2 heterocycles. The summed E-state index contributed by atoms with van der Waals surface area (Å²) < 4.78 is 42.5. The first kappa shape index (κ1) is 21.7. The number of halogens is 1. The summed E-state index contributed by atoms with van der Waals surface area (Å²) in [4.78, 5) is 7.99. The Morgan fingerprint density at radius 1 is 1.29 bits per heavy atom. The minimum atomic E-state index is -4.05. The van der Waals surface area contributed by atoms with Crippen molar-refractivity contribution in [3.63, 3.8) is 0 Å². The van der Waals surface area contributed by atoms with Crippen LogP contribution in [0, 0.1) is 12.7 Å². The molecule has 1 aromatic heterocycles. The molecule has 4 rings (SSSR count). The highest BCUT2D eigenvalue weighted by molar-refractivity contribution is 7.93. The van der Waals surface area contributed by atoms with E-state index in [4.69, 9.17) is 0 Å². The third-order valence-electron chi connectivity index (χ3n) is 5.62. The molecular formula is C22H25FN4O2S2. The summed E-state index contributed by atoms with van der Waals surface area (Å²) >= 11 is 1.14. The monoisotopic (exact) mass is 460 g/mol. The van der Waals surface area contributed by atoms with Gasteiger partial charge in [0.2, 0.25) is 0 Å². The summed E-state index contributed by atoms with van der Waals surface area (Å²) in [5, 5.41) is 1.86. The van der Waals surface area contributed by atoms with Gasteiger partial charge in [0.1, 0.15) is 10.7 Å². The van der Waals surface area contributed by atoms with Gasteiger partial charge in [-0.05, 0) is 36.6 Å². The Balaban J connectivity index is 1.49.